The zero-order valence-corrected chi connectivity index (χ0v) is 13.9. The Kier molecular flexibility index (Phi) is 8.49. The average Bonchev–Trinajstić information content (AvgIpc) is 2.49. The van der Waals surface area contributed by atoms with Gasteiger partial charge in [0.05, 0.1) is 19.1 Å². The normalized spacial score (nSPS) is 13.4. The molecule has 3 N–H and O–H groups in total. The van der Waals surface area contributed by atoms with Crippen LogP contribution in [0.25, 0.3) is 0 Å². The highest BCUT2D eigenvalue weighted by molar-refractivity contribution is 5.98. The summed E-state index contributed by atoms with van der Waals surface area (Å²) in [6.07, 6.45) is 2.31. The van der Waals surface area contributed by atoms with Crippen molar-refractivity contribution in [3.8, 4) is 0 Å². The highest BCUT2D eigenvalue weighted by Crippen LogP contribution is 2.08. The van der Waals surface area contributed by atoms with E-state index in [9.17, 15) is 23.5 Å². The van der Waals surface area contributed by atoms with E-state index < -0.39 is 29.5 Å². The van der Waals surface area contributed by atoms with Crippen molar-refractivity contribution >= 4 is 11.8 Å². The first-order chi connectivity index (χ1) is 11.3. The Morgan fingerprint density at radius 3 is 2.38 bits per heavy atom. The van der Waals surface area contributed by atoms with Gasteiger partial charge in [0.1, 0.15) is 11.6 Å². The lowest BCUT2D eigenvalue weighted by Crippen LogP contribution is -2.49. The molecule has 0 unspecified atom stereocenters. The van der Waals surface area contributed by atoms with Crippen molar-refractivity contribution in [2.45, 2.75) is 51.6 Å². The number of carbonyl (C=O) groups is 2. The van der Waals surface area contributed by atoms with E-state index >= 15 is 0 Å². The molecule has 134 valence electrons. The highest BCUT2D eigenvalue weighted by atomic mass is 19.1. The summed E-state index contributed by atoms with van der Waals surface area (Å²) >= 11 is 0. The van der Waals surface area contributed by atoms with Gasteiger partial charge in [-0.25, -0.2) is 8.78 Å². The Bertz CT molecular complexity index is 547. The molecule has 0 bridgehead atoms. The summed E-state index contributed by atoms with van der Waals surface area (Å²) in [6.45, 7) is 3.51. The van der Waals surface area contributed by atoms with Crippen molar-refractivity contribution < 1.29 is 23.5 Å². The maximum atomic E-state index is 13.1. The number of unbranched alkanes of at least 4 members (excludes halogenated alkanes) is 1. The Hall–Kier alpha value is -1.86. The van der Waals surface area contributed by atoms with Gasteiger partial charge in [-0.15, -0.1) is 0 Å². The number of nitrogens with one attached hydrogen (secondary N) is 2. The van der Waals surface area contributed by atoms with Crippen molar-refractivity contribution in [2.24, 2.45) is 0 Å². The average molecular weight is 342 g/mol. The minimum atomic E-state index is -0.777. The zero-order valence-electron chi connectivity index (χ0n) is 13.9. The first kappa shape index (κ1) is 20.2. The third-order valence-corrected chi connectivity index (χ3v) is 3.56. The molecule has 0 saturated carbocycles. The van der Waals surface area contributed by atoms with Gasteiger partial charge in [-0.05, 0) is 31.0 Å². The lowest BCUT2D eigenvalue weighted by molar-refractivity contribution is -0.131. The molecule has 0 aromatic heterocycles. The first-order valence-electron chi connectivity index (χ1n) is 8.01. The minimum absolute atomic E-state index is 0.103. The van der Waals surface area contributed by atoms with Crippen LogP contribution >= 0.6 is 0 Å². The van der Waals surface area contributed by atoms with Crippen molar-refractivity contribution in [3.63, 3.8) is 0 Å². The first-order valence-corrected chi connectivity index (χ1v) is 8.01. The van der Waals surface area contributed by atoms with E-state index in [0.29, 0.717) is 6.07 Å². The molecule has 5 nitrogen and oxygen atoms in total. The van der Waals surface area contributed by atoms with Gasteiger partial charge < -0.3 is 10.4 Å². The molecule has 0 radical (unpaired) electrons. The summed E-state index contributed by atoms with van der Waals surface area (Å²) < 4.78 is 26.2. The van der Waals surface area contributed by atoms with Gasteiger partial charge in [0.2, 0.25) is 11.8 Å². The number of benzene rings is 1. The van der Waals surface area contributed by atoms with Crippen LogP contribution in [-0.4, -0.2) is 35.6 Å². The Labute approximate surface area is 140 Å². The third kappa shape index (κ3) is 7.14. The summed E-state index contributed by atoms with van der Waals surface area (Å²) in [6, 6.07) is 1.90. The molecule has 1 rings (SSSR count). The predicted molar refractivity (Wildman–Crippen MR) is 86.2 cm³/mol. The van der Waals surface area contributed by atoms with E-state index in [1.807, 2.05) is 6.92 Å². The second-order valence-electron chi connectivity index (χ2n) is 5.78. The number of aliphatic hydroxyl groups excluding tert-OH is 1. The minimum Gasteiger partial charge on any atom is -0.395 e. The number of hydrogen-bond acceptors (Lipinski definition) is 4. The van der Waals surface area contributed by atoms with Crippen LogP contribution in [-0.2, 0) is 16.0 Å². The van der Waals surface area contributed by atoms with Gasteiger partial charge in [-0.2, -0.15) is 0 Å². The van der Waals surface area contributed by atoms with E-state index in [1.165, 1.54) is 0 Å². The monoisotopic (exact) mass is 342 g/mol. The molecule has 0 heterocycles. The molecule has 0 aliphatic rings. The van der Waals surface area contributed by atoms with Crippen molar-refractivity contribution in [3.05, 3.63) is 35.4 Å². The molecule has 0 spiro atoms. The van der Waals surface area contributed by atoms with Gasteiger partial charge in [-0.3, -0.25) is 14.9 Å². The molecule has 2 atom stereocenters. The molecular formula is C17H24F2N2O3. The summed E-state index contributed by atoms with van der Waals surface area (Å²) in [5, 5.41) is 14.4. The van der Waals surface area contributed by atoms with E-state index in [0.717, 1.165) is 31.4 Å². The van der Waals surface area contributed by atoms with Gasteiger partial charge in [0.25, 0.3) is 0 Å². The lowest BCUT2D eigenvalue weighted by Gasteiger charge is -2.20. The van der Waals surface area contributed by atoms with Gasteiger partial charge in [-0.1, -0.05) is 19.8 Å². The smallest absolute Gasteiger partial charge is 0.243 e. The van der Waals surface area contributed by atoms with Crippen LogP contribution in [0.1, 0.15) is 38.7 Å². The summed E-state index contributed by atoms with van der Waals surface area (Å²) in [7, 11) is 0. The van der Waals surface area contributed by atoms with Crippen LogP contribution in [0.3, 0.4) is 0 Å². The molecule has 0 saturated heterocycles. The Morgan fingerprint density at radius 1 is 1.21 bits per heavy atom. The fourth-order valence-corrected chi connectivity index (χ4v) is 2.30. The van der Waals surface area contributed by atoms with Crippen molar-refractivity contribution in [2.75, 3.05) is 6.61 Å². The van der Waals surface area contributed by atoms with E-state index in [1.54, 1.807) is 6.92 Å². The molecule has 1 aromatic carbocycles. The van der Waals surface area contributed by atoms with Gasteiger partial charge in [0, 0.05) is 12.1 Å². The second-order valence-corrected chi connectivity index (χ2v) is 5.78. The fraction of sp³-hybridized carbons (Fsp3) is 0.529. The van der Waals surface area contributed by atoms with Gasteiger partial charge in [0.15, 0.2) is 0 Å². The zero-order chi connectivity index (χ0) is 18.1. The number of hydrogen-bond donors (Lipinski definition) is 3. The van der Waals surface area contributed by atoms with Crippen LogP contribution in [0, 0.1) is 11.6 Å². The molecular weight excluding hydrogens is 318 g/mol. The number of imide groups is 1. The quantitative estimate of drug-likeness (QED) is 0.638. The van der Waals surface area contributed by atoms with E-state index in [2.05, 4.69) is 10.6 Å². The molecule has 7 heteroatoms. The molecule has 2 amide bonds. The van der Waals surface area contributed by atoms with Crippen molar-refractivity contribution in [1.29, 1.82) is 0 Å². The number of halogens is 2. The topological polar surface area (TPSA) is 78.4 Å². The fourth-order valence-electron chi connectivity index (χ4n) is 2.30. The summed E-state index contributed by atoms with van der Waals surface area (Å²) in [5.74, 6) is -2.75. The lowest BCUT2D eigenvalue weighted by atomic mass is 10.1. The van der Waals surface area contributed by atoms with Gasteiger partial charge >= 0.3 is 0 Å². The van der Waals surface area contributed by atoms with Crippen molar-refractivity contribution in [1.82, 2.24) is 10.6 Å². The third-order valence-electron chi connectivity index (χ3n) is 3.56. The molecule has 0 aliphatic heterocycles. The maximum absolute atomic E-state index is 13.1. The standard InChI is InChI=1S/C17H24F2N2O3/c1-3-4-5-15(10-22)20-11(2)17(24)21-16(23)8-12-6-13(18)9-14(19)7-12/h6-7,9,11,15,20,22H,3-5,8,10H2,1-2H3,(H,21,23,24)/t11-,15-/m0/s1. The van der Waals surface area contributed by atoms with E-state index in [4.69, 9.17) is 0 Å². The number of carbonyl (C=O) groups excluding carboxylic acids is 2. The molecule has 0 aliphatic carbocycles. The highest BCUT2D eigenvalue weighted by Gasteiger charge is 2.19. The largest absolute Gasteiger partial charge is 0.395 e. The predicted octanol–water partition coefficient (Wildman–Crippen LogP) is 1.68. The summed E-state index contributed by atoms with van der Waals surface area (Å²) in [4.78, 5) is 23.8. The Balaban J connectivity index is 2.51. The van der Waals surface area contributed by atoms with Crippen LogP contribution in [0.5, 0.6) is 0 Å². The molecule has 0 fully saturated rings. The summed E-state index contributed by atoms with van der Waals surface area (Å²) in [5.41, 5.74) is 0.148. The van der Waals surface area contributed by atoms with Crippen LogP contribution in [0.2, 0.25) is 0 Å². The van der Waals surface area contributed by atoms with E-state index in [-0.39, 0.29) is 24.6 Å². The number of aliphatic hydroxyl groups is 1. The number of rotatable bonds is 9. The number of amides is 2. The Morgan fingerprint density at radius 2 is 1.83 bits per heavy atom. The SMILES string of the molecule is CCCC[C@@H](CO)N[C@@H](C)C(=O)NC(=O)Cc1cc(F)cc(F)c1. The molecule has 1 aromatic rings. The molecule has 24 heavy (non-hydrogen) atoms. The van der Waals surface area contributed by atoms with Crippen LogP contribution in [0.4, 0.5) is 8.78 Å². The second kappa shape index (κ2) is 10.1. The van der Waals surface area contributed by atoms with Crippen LogP contribution < -0.4 is 10.6 Å². The maximum Gasteiger partial charge on any atom is 0.243 e. The van der Waals surface area contributed by atoms with Crippen LogP contribution in [0.15, 0.2) is 18.2 Å².